The van der Waals surface area contributed by atoms with Gasteiger partial charge in [-0.05, 0) is 38.1 Å². The molecule has 1 saturated carbocycles. The van der Waals surface area contributed by atoms with Crippen LogP contribution in [0.5, 0.6) is 0 Å². The van der Waals surface area contributed by atoms with Crippen molar-refractivity contribution in [3.63, 3.8) is 0 Å². The van der Waals surface area contributed by atoms with Crippen LogP contribution in [0.1, 0.15) is 36.8 Å². The average molecular weight is 305 g/mol. The van der Waals surface area contributed by atoms with E-state index in [4.69, 9.17) is 0 Å². The first kappa shape index (κ1) is 16.8. The maximum atomic E-state index is 12.0. The maximum Gasteiger partial charge on any atom is 0.315 e. The molecule has 22 heavy (non-hydrogen) atoms. The third-order valence-electron chi connectivity index (χ3n) is 4.09. The van der Waals surface area contributed by atoms with Crippen LogP contribution in [0.4, 0.5) is 4.79 Å². The summed E-state index contributed by atoms with van der Waals surface area (Å²) < 4.78 is 0. The Morgan fingerprint density at radius 2 is 1.91 bits per heavy atom. The Morgan fingerprint density at radius 3 is 2.59 bits per heavy atom. The van der Waals surface area contributed by atoms with Crippen LogP contribution in [0.15, 0.2) is 24.3 Å². The second kappa shape index (κ2) is 8.15. The largest absolute Gasteiger partial charge is 0.391 e. The van der Waals surface area contributed by atoms with Crippen LogP contribution in [0.3, 0.4) is 0 Å². The zero-order chi connectivity index (χ0) is 15.9. The topological polar surface area (TPSA) is 64.6 Å². The van der Waals surface area contributed by atoms with Gasteiger partial charge in [0.2, 0.25) is 0 Å². The summed E-state index contributed by atoms with van der Waals surface area (Å²) in [5.41, 5.74) is 2.33. The molecule has 2 unspecified atom stereocenters. The van der Waals surface area contributed by atoms with E-state index < -0.39 is 6.10 Å². The summed E-state index contributed by atoms with van der Waals surface area (Å²) in [7, 11) is 4.06. The molecule has 0 saturated heterocycles. The molecule has 0 aliphatic heterocycles. The highest BCUT2D eigenvalue weighted by atomic mass is 16.3. The van der Waals surface area contributed by atoms with E-state index in [-0.39, 0.29) is 12.1 Å². The molecule has 0 bridgehead atoms. The Labute approximate surface area is 132 Å². The fourth-order valence-corrected chi connectivity index (χ4v) is 2.90. The number of urea groups is 1. The molecular weight excluding hydrogens is 278 g/mol. The molecule has 0 radical (unpaired) electrons. The molecule has 0 aromatic heterocycles. The minimum absolute atomic E-state index is 0.120. The van der Waals surface area contributed by atoms with Gasteiger partial charge in [0.1, 0.15) is 0 Å². The maximum absolute atomic E-state index is 12.0. The van der Waals surface area contributed by atoms with Crippen molar-refractivity contribution in [1.29, 1.82) is 0 Å². The van der Waals surface area contributed by atoms with Crippen LogP contribution in [-0.2, 0) is 13.1 Å². The summed E-state index contributed by atoms with van der Waals surface area (Å²) in [4.78, 5) is 14.1. The van der Waals surface area contributed by atoms with Gasteiger partial charge in [0.15, 0.2) is 0 Å². The van der Waals surface area contributed by atoms with Crippen LogP contribution in [0.25, 0.3) is 0 Å². The summed E-state index contributed by atoms with van der Waals surface area (Å²) in [6.07, 6.45) is 3.31. The Kier molecular flexibility index (Phi) is 6.21. The van der Waals surface area contributed by atoms with Gasteiger partial charge in [-0.3, -0.25) is 0 Å². The summed E-state index contributed by atoms with van der Waals surface area (Å²) in [6, 6.07) is 7.80. The number of amides is 2. The highest BCUT2D eigenvalue weighted by Crippen LogP contribution is 2.18. The van der Waals surface area contributed by atoms with Gasteiger partial charge >= 0.3 is 6.03 Å². The predicted octanol–water partition coefficient (Wildman–Crippen LogP) is 1.85. The van der Waals surface area contributed by atoms with Crippen molar-refractivity contribution < 1.29 is 9.90 Å². The molecule has 5 nitrogen and oxygen atoms in total. The summed E-state index contributed by atoms with van der Waals surface area (Å²) in [6.45, 7) is 1.35. The summed E-state index contributed by atoms with van der Waals surface area (Å²) in [5.74, 6) is 0. The first-order valence-corrected chi connectivity index (χ1v) is 8.00. The monoisotopic (exact) mass is 305 g/mol. The van der Waals surface area contributed by atoms with E-state index in [2.05, 4.69) is 21.6 Å². The predicted molar refractivity (Wildman–Crippen MR) is 87.5 cm³/mol. The molecule has 122 valence electrons. The van der Waals surface area contributed by atoms with Crippen LogP contribution in [0.2, 0.25) is 0 Å². The number of carbonyl (C=O) groups excluding carboxylic acids is 1. The van der Waals surface area contributed by atoms with Crippen molar-refractivity contribution in [2.45, 2.75) is 50.9 Å². The van der Waals surface area contributed by atoms with Crippen LogP contribution >= 0.6 is 0 Å². The van der Waals surface area contributed by atoms with Crippen LogP contribution in [-0.4, -0.2) is 42.3 Å². The van der Waals surface area contributed by atoms with Crippen molar-refractivity contribution in [3.8, 4) is 0 Å². The first-order valence-electron chi connectivity index (χ1n) is 8.00. The van der Waals surface area contributed by atoms with Gasteiger partial charge in [0, 0.05) is 13.1 Å². The lowest BCUT2D eigenvalue weighted by molar-refractivity contribution is 0.0943. The van der Waals surface area contributed by atoms with Gasteiger partial charge in [-0.15, -0.1) is 0 Å². The van der Waals surface area contributed by atoms with E-state index in [1.54, 1.807) is 0 Å². The molecular formula is C17H27N3O2. The lowest BCUT2D eigenvalue weighted by Crippen LogP contribution is -2.48. The summed E-state index contributed by atoms with van der Waals surface area (Å²) in [5, 5.41) is 15.7. The van der Waals surface area contributed by atoms with E-state index in [9.17, 15) is 9.90 Å². The molecule has 2 rings (SSSR count). The molecule has 5 heteroatoms. The number of hydrogen-bond acceptors (Lipinski definition) is 3. The normalized spacial score (nSPS) is 21.6. The fraction of sp³-hybridized carbons (Fsp3) is 0.588. The zero-order valence-electron chi connectivity index (χ0n) is 13.5. The Morgan fingerprint density at radius 1 is 1.23 bits per heavy atom. The van der Waals surface area contributed by atoms with Crippen molar-refractivity contribution in [2.75, 3.05) is 14.1 Å². The molecule has 1 aromatic carbocycles. The third kappa shape index (κ3) is 5.00. The van der Waals surface area contributed by atoms with Crippen molar-refractivity contribution >= 4 is 6.03 Å². The van der Waals surface area contributed by atoms with E-state index in [1.807, 2.05) is 32.3 Å². The third-order valence-corrected chi connectivity index (χ3v) is 4.09. The molecule has 1 fully saturated rings. The van der Waals surface area contributed by atoms with E-state index in [0.717, 1.165) is 37.8 Å². The van der Waals surface area contributed by atoms with Gasteiger partial charge < -0.3 is 20.6 Å². The quantitative estimate of drug-likeness (QED) is 0.778. The molecule has 2 amide bonds. The van der Waals surface area contributed by atoms with Gasteiger partial charge in [0.05, 0.1) is 12.1 Å². The number of nitrogens with one attached hydrogen (secondary N) is 2. The van der Waals surface area contributed by atoms with Gasteiger partial charge in [0.25, 0.3) is 0 Å². The molecule has 2 atom stereocenters. The second-order valence-electron chi connectivity index (χ2n) is 6.29. The van der Waals surface area contributed by atoms with Crippen LogP contribution in [0, 0.1) is 0 Å². The van der Waals surface area contributed by atoms with Crippen molar-refractivity contribution in [3.05, 3.63) is 35.4 Å². The molecule has 3 N–H and O–H groups in total. The Hall–Kier alpha value is -1.59. The minimum Gasteiger partial charge on any atom is -0.391 e. The minimum atomic E-state index is -0.416. The second-order valence-corrected chi connectivity index (χ2v) is 6.29. The lowest BCUT2D eigenvalue weighted by Gasteiger charge is -2.28. The highest BCUT2D eigenvalue weighted by molar-refractivity contribution is 5.74. The number of hydrogen-bond donors (Lipinski definition) is 3. The summed E-state index contributed by atoms with van der Waals surface area (Å²) >= 11 is 0. The average Bonchev–Trinajstić information content (AvgIpc) is 2.48. The smallest absolute Gasteiger partial charge is 0.315 e. The molecule has 0 spiro atoms. The van der Waals surface area contributed by atoms with E-state index in [0.29, 0.717) is 6.54 Å². The SMILES string of the molecule is CN(C)Cc1ccccc1CNC(=O)NC1CCCCC1O. The van der Waals surface area contributed by atoms with Crippen molar-refractivity contribution in [1.82, 2.24) is 15.5 Å². The number of aliphatic hydroxyl groups is 1. The van der Waals surface area contributed by atoms with E-state index in [1.165, 1.54) is 5.56 Å². The number of nitrogens with zero attached hydrogens (tertiary/aromatic N) is 1. The first-order chi connectivity index (χ1) is 10.6. The van der Waals surface area contributed by atoms with Crippen LogP contribution < -0.4 is 10.6 Å². The molecule has 1 aliphatic carbocycles. The van der Waals surface area contributed by atoms with E-state index >= 15 is 0 Å². The van der Waals surface area contributed by atoms with Gasteiger partial charge in [-0.2, -0.15) is 0 Å². The molecule has 1 aromatic rings. The molecule has 1 aliphatic rings. The van der Waals surface area contributed by atoms with Gasteiger partial charge in [-0.25, -0.2) is 4.79 Å². The Balaban J connectivity index is 1.85. The fourth-order valence-electron chi connectivity index (χ4n) is 2.90. The van der Waals surface area contributed by atoms with Crippen molar-refractivity contribution in [2.24, 2.45) is 0 Å². The highest BCUT2D eigenvalue weighted by Gasteiger charge is 2.24. The van der Waals surface area contributed by atoms with Gasteiger partial charge in [-0.1, -0.05) is 37.1 Å². The number of aliphatic hydroxyl groups excluding tert-OH is 1. The number of benzene rings is 1. The molecule has 0 heterocycles. The zero-order valence-corrected chi connectivity index (χ0v) is 13.5. The Bertz CT molecular complexity index is 491. The lowest BCUT2D eigenvalue weighted by atomic mass is 9.93. The standard InChI is InChI=1S/C17H27N3O2/c1-20(2)12-14-8-4-3-7-13(14)11-18-17(22)19-15-9-5-6-10-16(15)21/h3-4,7-8,15-16,21H,5-6,9-12H2,1-2H3,(H2,18,19,22). The number of rotatable bonds is 5. The number of carbonyl (C=O) groups is 1.